The minimum atomic E-state index is -0.895. The van der Waals surface area contributed by atoms with Crippen LogP contribution in [0.25, 0.3) is 0 Å². The lowest BCUT2D eigenvalue weighted by Crippen LogP contribution is -2.07. The Morgan fingerprint density at radius 1 is 1.50 bits per heavy atom. The largest absolute Gasteiger partial charge is 0.478 e. The van der Waals surface area contributed by atoms with Gasteiger partial charge in [0.15, 0.2) is 0 Å². The zero-order valence-electron chi connectivity index (χ0n) is 8.15. The first-order chi connectivity index (χ1) is 6.02. The number of hydrogen-bond acceptors (Lipinski definition) is 2. The molecule has 0 radical (unpaired) electrons. The fourth-order valence-corrected chi connectivity index (χ4v) is 1.21. The van der Waals surface area contributed by atoms with Gasteiger partial charge in [-0.25, -0.2) is 4.79 Å². The first-order valence-electron chi connectivity index (χ1n) is 4.12. The SMILES string of the molecule is Cc1cc(C(C)N)ccc1C(=O)O.Cl. The molecule has 3 nitrogen and oxygen atoms in total. The Kier molecular flexibility index (Phi) is 4.60. The molecule has 14 heavy (non-hydrogen) atoms. The molecule has 1 aromatic carbocycles. The van der Waals surface area contributed by atoms with Gasteiger partial charge in [0.1, 0.15) is 0 Å². The molecule has 0 spiro atoms. The van der Waals surface area contributed by atoms with E-state index in [1.54, 1.807) is 19.1 Å². The fourth-order valence-electron chi connectivity index (χ4n) is 1.21. The van der Waals surface area contributed by atoms with Crippen LogP contribution < -0.4 is 5.73 Å². The fraction of sp³-hybridized carbons (Fsp3) is 0.300. The van der Waals surface area contributed by atoms with E-state index < -0.39 is 5.97 Å². The number of aryl methyl sites for hydroxylation is 1. The van der Waals surface area contributed by atoms with Crippen molar-refractivity contribution in [1.29, 1.82) is 0 Å². The lowest BCUT2D eigenvalue weighted by atomic mass is 10.0. The number of carboxylic acids is 1. The zero-order chi connectivity index (χ0) is 10.0. The Bertz CT molecular complexity index is 337. The van der Waals surface area contributed by atoms with E-state index in [4.69, 9.17) is 10.8 Å². The van der Waals surface area contributed by atoms with Crippen LogP contribution >= 0.6 is 12.4 Å². The van der Waals surface area contributed by atoms with Gasteiger partial charge < -0.3 is 10.8 Å². The Balaban J connectivity index is 0.00000169. The average Bonchev–Trinajstić information content (AvgIpc) is 2.03. The third-order valence-corrected chi connectivity index (χ3v) is 2.01. The summed E-state index contributed by atoms with van der Waals surface area (Å²) in [6.07, 6.45) is 0. The van der Waals surface area contributed by atoms with Crippen LogP contribution in [0.4, 0.5) is 0 Å². The monoisotopic (exact) mass is 215 g/mol. The summed E-state index contributed by atoms with van der Waals surface area (Å²) in [5, 5.41) is 8.76. The second-order valence-electron chi connectivity index (χ2n) is 3.17. The Labute approximate surface area is 89.3 Å². The molecule has 0 heterocycles. The highest BCUT2D eigenvalue weighted by atomic mass is 35.5. The molecule has 78 valence electrons. The molecule has 0 fully saturated rings. The summed E-state index contributed by atoms with van der Waals surface area (Å²) >= 11 is 0. The van der Waals surface area contributed by atoms with Gasteiger partial charge in [0.2, 0.25) is 0 Å². The molecule has 0 saturated heterocycles. The molecular formula is C10H14ClNO2. The van der Waals surface area contributed by atoms with Crippen LogP contribution in [0.15, 0.2) is 18.2 Å². The highest BCUT2D eigenvalue weighted by molar-refractivity contribution is 5.89. The molecule has 1 unspecified atom stereocenters. The quantitative estimate of drug-likeness (QED) is 0.795. The number of nitrogens with two attached hydrogens (primary N) is 1. The molecule has 0 aliphatic heterocycles. The lowest BCUT2D eigenvalue weighted by molar-refractivity contribution is 0.0696. The molecule has 0 saturated carbocycles. The molecule has 0 aliphatic carbocycles. The van der Waals surface area contributed by atoms with Gasteiger partial charge in [0.25, 0.3) is 0 Å². The van der Waals surface area contributed by atoms with Crippen molar-refractivity contribution >= 4 is 18.4 Å². The van der Waals surface area contributed by atoms with Crippen LogP contribution in [0, 0.1) is 6.92 Å². The van der Waals surface area contributed by atoms with Crippen LogP contribution in [0.3, 0.4) is 0 Å². The van der Waals surface area contributed by atoms with E-state index >= 15 is 0 Å². The number of rotatable bonds is 2. The van der Waals surface area contributed by atoms with Crippen molar-refractivity contribution in [1.82, 2.24) is 0 Å². The van der Waals surface area contributed by atoms with E-state index in [2.05, 4.69) is 0 Å². The number of halogens is 1. The second-order valence-corrected chi connectivity index (χ2v) is 3.17. The van der Waals surface area contributed by atoms with Crippen LogP contribution in [0.2, 0.25) is 0 Å². The number of hydrogen-bond donors (Lipinski definition) is 2. The predicted molar refractivity (Wildman–Crippen MR) is 58.0 cm³/mol. The van der Waals surface area contributed by atoms with Crippen LogP contribution in [0.5, 0.6) is 0 Å². The number of benzene rings is 1. The van der Waals surface area contributed by atoms with Crippen LogP contribution in [-0.4, -0.2) is 11.1 Å². The molecule has 0 aromatic heterocycles. The van der Waals surface area contributed by atoms with E-state index in [1.165, 1.54) is 0 Å². The standard InChI is InChI=1S/C10H13NO2.ClH/c1-6-5-8(7(2)11)3-4-9(6)10(12)13;/h3-5,7H,11H2,1-2H3,(H,12,13);1H. The van der Waals surface area contributed by atoms with Crippen molar-refractivity contribution in [2.45, 2.75) is 19.9 Å². The predicted octanol–water partition coefficient (Wildman–Crippen LogP) is 2.13. The third kappa shape index (κ3) is 2.72. The summed E-state index contributed by atoms with van der Waals surface area (Å²) in [4.78, 5) is 10.7. The summed E-state index contributed by atoms with van der Waals surface area (Å²) in [5.74, 6) is -0.895. The maximum Gasteiger partial charge on any atom is 0.335 e. The maximum atomic E-state index is 10.7. The Hall–Kier alpha value is -1.06. The number of carboxylic acid groups (broad SMARTS) is 1. The molecule has 0 amide bonds. The van der Waals surface area contributed by atoms with Gasteiger partial charge in [-0.1, -0.05) is 12.1 Å². The summed E-state index contributed by atoms with van der Waals surface area (Å²) in [5.41, 5.74) is 7.71. The summed E-state index contributed by atoms with van der Waals surface area (Å²) < 4.78 is 0. The average molecular weight is 216 g/mol. The maximum absolute atomic E-state index is 10.7. The topological polar surface area (TPSA) is 63.3 Å². The molecule has 3 N–H and O–H groups in total. The normalized spacial score (nSPS) is 11.6. The molecule has 1 rings (SSSR count). The molecule has 1 aromatic rings. The second kappa shape index (κ2) is 4.98. The number of carbonyl (C=O) groups is 1. The first kappa shape index (κ1) is 12.9. The van der Waals surface area contributed by atoms with Gasteiger partial charge in [-0.15, -0.1) is 12.4 Å². The molecule has 0 bridgehead atoms. The van der Waals surface area contributed by atoms with E-state index in [9.17, 15) is 4.79 Å². The molecule has 4 heteroatoms. The summed E-state index contributed by atoms with van der Waals surface area (Å²) in [6, 6.07) is 5.10. The summed E-state index contributed by atoms with van der Waals surface area (Å²) in [7, 11) is 0. The molecule has 0 aliphatic rings. The van der Waals surface area contributed by atoms with Crippen molar-refractivity contribution in [3.05, 3.63) is 34.9 Å². The van der Waals surface area contributed by atoms with Crippen LogP contribution in [0.1, 0.15) is 34.5 Å². The smallest absolute Gasteiger partial charge is 0.335 e. The first-order valence-corrected chi connectivity index (χ1v) is 4.12. The zero-order valence-corrected chi connectivity index (χ0v) is 8.97. The van der Waals surface area contributed by atoms with Crippen molar-refractivity contribution in [2.75, 3.05) is 0 Å². The minimum absolute atomic E-state index is 0. The van der Waals surface area contributed by atoms with Crippen LogP contribution in [-0.2, 0) is 0 Å². The number of aromatic carboxylic acids is 1. The van der Waals surface area contributed by atoms with Crippen molar-refractivity contribution < 1.29 is 9.90 Å². The minimum Gasteiger partial charge on any atom is -0.478 e. The van der Waals surface area contributed by atoms with E-state index in [0.717, 1.165) is 11.1 Å². The molecule has 1 atom stereocenters. The van der Waals surface area contributed by atoms with Gasteiger partial charge in [0, 0.05) is 6.04 Å². The van der Waals surface area contributed by atoms with Crippen molar-refractivity contribution in [3.8, 4) is 0 Å². The van der Waals surface area contributed by atoms with E-state index in [-0.39, 0.29) is 18.4 Å². The Morgan fingerprint density at radius 2 is 2.07 bits per heavy atom. The highest BCUT2D eigenvalue weighted by Crippen LogP contribution is 2.15. The van der Waals surface area contributed by atoms with E-state index in [1.807, 2.05) is 13.0 Å². The van der Waals surface area contributed by atoms with Crippen molar-refractivity contribution in [3.63, 3.8) is 0 Å². The van der Waals surface area contributed by atoms with Crippen molar-refractivity contribution in [2.24, 2.45) is 5.73 Å². The van der Waals surface area contributed by atoms with Gasteiger partial charge >= 0.3 is 5.97 Å². The van der Waals surface area contributed by atoms with Gasteiger partial charge in [-0.05, 0) is 31.0 Å². The van der Waals surface area contributed by atoms with Gasteiger partial charge in [-0.3, -0.25) is 0 Å². The Morgan fingerprint density at radius 3 is 2.43 bits per heavy atom. The third-order valence-electron chi connectivity index (χ3n) is 2.01. The summed E-state index contributed by atoms with van der Waals surface area (Å²) in [6.45, 7) is 3.64. The lowest BCUT2D eigenvalue weighted by Gasteiger charge is -2.07. The highest BCUT2D eigenvalue weighted by Gasteiger charge is 2.08. The van der Waals surface area contributed by atoms with Gasteiger partial charge in [-0.2, -0.15) is 0 Å². The molecular weight excluding hydrogens is 202 g/mol. The van der Waals surface area contributed by atoms with Gasteiger partial charge in [0.05, 0.1) is 5.56 Å². The van der Waals surface area contributed by atoms with E-state index in [0.29, 0.717) is 5.56 Å².